The smallest absolute Gasteiger partial charge is 0.251 e. The Balaban J connectivity index is 1.87. The van der Waals surface area contributed by atoms with Gasteiger partial charge < -0.3 is 10.3 Å². The van der Waals surface area contributed by atoms with Crippen molar-refractivity contribution in [2.45, 2.75) is 31.2 Å². The molecule has 0 unspecified atom stereocenters. The van der Waals surface area contributed by atoms with E-state index in [0.717, 1.165) is 15.8 Å². The fourth-order valence-electron chi connectivity index (χ4n) is 1.69. The molecule has 0 spiro atoms. The van der Waals surface area contributed by atoms with Gasteiger partial charge in [-0.3, -0.25) is 9.59 Å². The van der Waals surface area contributed by atoms with Crippen LogP contribution >= 0.6 is 23.1 Å². The van der Waals surface area contributed by atoms with Crippen LogP contribution in [0.25, 0.3) is 0 Å². The summed E-state index contributed by atoms with van der Waals surface area (Å²) in [6, 6.07) is 1.41. The van der Waals surface area contributed by atoms with Crippen LogP contribution in [0.15, 0.2) is 20.6 Å². The fraction of sp³-hybridized carbons (Fsp3) is 0.385. The molecule has 0 fully saturated rings. The number of rotatable bonds is 6. The summed E-state index contributed by atoms with van der Waals surface area (Å²) in [5.41, 5.74) is 1.18. The molecule has 2 aromatic heterocycles. The highest BCUT2D eigenvalue weighted by molar-refractivity contribution is 8.00. The second-order valence-electron chi connectivity index (χ2n) is 4.32. The first kappa shape index (κ1) is 15.7. The molecule has 0 saturated carbocycles. The van der Waals surface area contributed by atoms with Crippen molar-refractivity contribution in [1.82, 2.24) is 20.3 Å². The summed E-state index contributed by atoms with van der Waals surface area (Å²) in [5.74, 6) is 1.28. The predicted molar refractivity (Wildman–Crippen MR) is 83.7 cm³/mol. The lowest BCUT2D eigenvalue weighted by molar-refractivity contribution is -0.120. The van der Waals surface area contributed by atoms with Crippen LogP contribution in [0, 0.1) is 6.92 Å². The van der Waals surface area contributed by atoms with E-state index in [2.05, 4.69) is 27.2 Å². The van der Waals surface area contributed by atoms with Gasteiger partial charge in [0.15, 0.2) is 0 Å². The molecule has 0 aliphatic carbocycles. The summed E-state index contributed by atoms with van der Waals surface area (Å²) in [6.07, 6.45) is 0.233. The lowest BCUT2D eigenvalue weighted by Gasteiger charge is -2.04. The van der Waals surface area contributed by atoms with Gasteiger partial charge in [0.1, 0.15) is 10.2 Å². The Bertz CT molecular complexity index is 681. The molecule has 2 rings (SSSR count). The van der Waals surface area contributed by atoms with E-state index in [1.807, 2.05) is 5.38 Å². The van der Waals surface area contributed by atoms with E-state index in [1.54, 1.807) is 30.0 Å². The molecule has 6 nitrogen and oxygen atoms in total. The van der Waals surface area contributed by atoms with Crippen molar-refractivity contribution in [3.63, 3.8) is 0 Å². The maximum atomic E-state index is 11.8. The third kappa shape index (κ3) is 4.98. The summed E-state index contributed by atoms with van der Waals surface area (Å²) < 4.78 is 0.977. The van der Waals surface area contributed by atoms with E-state index in [0.29, 0.717) is 11.5 Å². The quantitative estimate of drug-likeness (QED) is 0.786. The Morgan fingerprint density at radius 3 is 3.00 bits per heavy atom. The standard InChI is InChI=1S/C13H16N4O2S2/c1-3-20-13-16-9(7-21-13)5-11(18)14-6-10-15-8(2)4-12(19)17-10/h4,7H,3,5-6H2,1-2H3,(H,14,18)(H,15,17,19). The van der Waals surface area contributed by atoms with Gasteiger partial charge in [0, 0.05) is 17.1 Å². The largest absolute Gasteiger partial charge is 0.349 e. The third-order valence-electron chi connectivity index (χ3n) is 2.51. The van der Waals surface area contributed by atoms with Crippen LogP contribution in [-0.2, 0) is 17.8 Å². The number of amides is 1. The minimum atomic E-state index is -0.215. The first-order valence-electron chi connectivity index (χ1n) is 6.47. The van der Waals surface area contributed by atoms with E-state index in [-0.39, 0.29) is 24.4 Å². The Hall–Kier alpha value is -1.67. The number of thioether (sulfide) groups is 1. The van der Waals surface area contributed by atoms with Crippen molar-refractivity contribution < 1.29 is 4.79 Å². The van der Waals surface area contributed by atoms with Crippen LogP contribution in [0.3, 0.4) is 0 Å². The van der Waals surface area contributed by atoms with Crippen molar-refractivity contribution in [2.75, 3.05) is 5.75 Å². The molecular weight excluding hydrogens is 308 g/mol. The number of nitrogens with one attached hydrogen (secondary N) is 2. The Morgan fingerprint density at radius 1 is 1.48 bits per heavy atom. The van der Waals surface area contributed by atoms with Crippen LogP contribution < -0.4 is 10.9 Å². The lowest BCUT2D eigenvalue weighted by atomic mass is 10.3. The average Bonchev–Trinajstić information content (AvgIpc) is 2.83. The zero-order valence-corrected chi connectivity index (χ0v) is 13.4. The Morgan fingerprint density at radius 2 is 2.29 bits per heavy atom. The molecule has 0 aromatic carbocycles. The second-order valence-corrected chi connectivity index (χ2v) is 6.69. The van der Waals surface area contributed by atoms with Crippen LogP contribution in [0.5, 0.6) is 0 Å². The normalized spacial score (nSPS) is 10.6. The minimum Gasteiger partial charge on any atom is -0.349 e. The third-order valence-corrected chi connectivity index (χ3v) is 4.46. The molecule has 0 atom stereocenters. The molecule has 2 heterocycles. The first-order chi connectivity index (χ1) is 10.1. The molecule has 21 heavy (non-hydrogen) atoms. The number of carbonyl (C=O) groups is 1. The van der Waals surface area contributed by atoms with E-state index in [4.69, 9.17) is 0 Å². The number of thiazole rings is 1. The molecule has 1 amide bonds. The SMILES string of the molecule is CCSc1nc(CC(=O)NCc2nc(C)cc(=O)[nH]2)cs1. The predicted octanol–water partition coefficient (Wildman–Crippen LogP) is 1.51. The average molecular weight is 324 g/mol. The van der Waals surface area contributed by atoms with Gasteiger partial charge in [-0.25, -0.2) is 9.97 Å². The second kappa shape index (κ2) is 7.37. The van der Waals surface area contributed by atoms with Crippen LogP contribution in [-0.4, -0.2) is 26.6 Å². The number of H-pyrrole nitrogens is 1. The zero-order valence-electron chi connectivity index (χ0n) is 11.8. The number of aromatic nitrogens is 3. The van der Waals surface area contributed by atoms with Gasteiger partial charge in [-0.05, 0) is 12.7 Å². The van der Waals surface area contributed by atoms with Crippen LogP contribution in [0.1, 0.15) is 24.1 Å². The maximum absolute atomic E-state index is 11.8. The van der Waals surface area contributed by atoms with Crippen molar-refractivity contribution in [3.05, 3.63) is 39.0 Å². The monoisotopic (exact) mass is 324 g/mol. The number of hydrogen-bond donors (Lipinski definition) is 2. The number of carbonyl (C=O) groups excluding carboxylic acids is 1. The molecule has 112 valence electrons. The number of aromatic amines is 1. The van der Waals surface area contributed by atoms with E-state index in [1.165, 1.54) is 6.07 Å². The first-order valence-corrected chi connectivity index (χ1v) is 8.34. The van der Waals surface area contributed by atoms with Crippen molar-refractivity contribution in [3.8, 4) is 0 Å². The fourth-order valence-corrected chi connectivity index (χ4v) is 3.44. The van der Waals surface area contributed by atoms with Crippen molar-refractivity contribution >= 4 is 29.0 Å². The Labute approximate surface area is 130 Å². The van der Waals surface area contributed by atoms with Crippen LogP contribution in [0.2, 0.25) is 0 Å². The molecule has 8 heteroatoms. The highest BCUT2D eigenvalue weighted by atomic mass is 32.2. The molecule has 0 aliphatic rings. The molecule has 0 bridgehead atoms. The van der Waals surface area contributed by atoms with Gasteiger partial charge in [-0.1, -0.05) is 18.7 Å². The lowest BCUT2D eigenvalue weighted by Crippen LogP contribution is -2.27. The molecule has 2 N–H and O–H groups in total. The Kier molecular flexibility index (Phi) is 5.51. The van der Waals surface area contributed by atoms with Gasteiger partial charge in [0.2, 0.25) is 5.91 Å². The van der Waals surface area contributed by atoms with E-state index in [9.17, 15) is 9.59 Å². The molecule has 0 radical (unpaired) electrons. The maximum Gasteiger partial charge on any atom is 0.251 e. The summed E-state index contributed by atoms with van der Waals surface area (Å²) in [5, 5.41) is 4.62. The number of aryl methyl sites for hydroxylation is 1. The molecule has 0 saturated heterocycles. The van der Waals surface area contributed by atoms with Gasteiger partial charge >= 0.3 is 0 Å². The van der Waals surface area contributed by atoms with Crippen molar-refractivity contribution in [2.24, 2.45) is 0 Å². The van der Waals surface area contributed by atoms with Gasteiger partial charge in [-0.15, -0.1) is 11.3 Å². The van der Waals surface area contributed by atoms with Gasteiger partial charge in [-0.2, -0.15) is 0 Å². The van der Waals surface area contributed by atoms with E-state index >= 15 is 0 Å². The summed E-state index contributed by atoms with van der Waals surface area (Å²) in [7, 11) is 0. The molecular formula is C13H16N4O2S2. The number of hydrogen-bond acceptors (Lipinski definition) is 6. The summed E-state index contributed by atoms with van der Waals surface area (Å²) in [6.45, 7) is 4.01. The van der Waals surface area contributed by atoms with Crippen molar-refractivity contribution in [1.29, 1.82) is 0 Å². The minimum absolute atomic E-state index is 0.141. The highest BCUT2D eigenvalue weighted by Crippen LogP contribution is 2.22. The number of nitrogens with zero attached hydrogens (tertiary/aromatic N) is 2. The highest BCUT2D eigenvalue weighted by Gasteiger charge is 2.08. The van der Waals surface area contributed by atoms with Crippen LogP contribution in [0.4, 0.5) is 0 Å². The van der Waals surface area contributed by atoms with E-state index < -0.39 is 0 Å². The summed E-state index contributed by atoms with van der Waals surface area (Å²) in [4.78, 5) is 34.3. The molecule has 2 aromatic rings. The van der Waals surface area contributed by atoms with Gasteiger partial charge in [0.05, 0.1) is 18.7 Å². The molecule has 0 aliphatic heterocycles. The summed E-state index contributed by atoms with van der Waals surface area (Å²) >= 11 is 3.21. The topological polar surface area (TPSA) is 87.7 Å². The van der Waals surface area contributed by atoms with Gasteiger partial charge in [0.25, 0.3) is 5.56 Å². The zero-order chi connectivity index (χ0) is 15.2.